The Hall–Kier alpha value is -4.09. The van der Waals surface area contributed by atoms with Gasteiger partial charge in [0.1, 0.15) is 18.0 Å². The van der Waals surface area contributed by atoms with E-state index < -0.39 is 22.5 Å². The molecule has 3 aromatic rings. The molecule has 0 bridgehead atoms. The van der Waals surface area contributed by atoms with Crippen LogP contribution in [-0.2, 0) is 19.6 Å². The molecule has 0 aliphatic heterocycles. The van der Waals surface area contributed by atoms with E-state index in [0.717, 1.165) is 16.1 Å². The number of methoxy groups -OCH3 is 1. The van der Waals surface area contributed by atoms with Crippen molar-refractivity contribution < 1.29 is 27.5 Å². The highest BCUT2D eigenvalue weighted by Gasteiger charge is 2.21. The van der Waals surface area contributed by atoms with Crippen molar-refractivity contribution in [3.8, 4) is 11.5 Å². The molecule has 0 aliphatic rings. The molecule has 12 heteroatoms. The Morgan fingerprint density at radius 3 is 2.36 bits per heavy atom. The molecular weight excluding hydrogens is 544 g/mol. The molecule has 206 valence electrons. The second-order valence-electron chi connectivity index (χ2n) is 8.44. The molecule has 0 saturated carbocycles. The lowest BCUT2D eigenvalue weighted by atomic mass is 10.1. The highest BCUT2D eigenvalue weighted by atomic mass is 35.5. The molecule has 0 fully saturated rings. The van der Waals surface area contributed by atoms with Crippen molar-refractivity contribution in [2.45, 2.75) is 13.0 Å². The van der Waals surface area contributed by atoms with E-state index in [1.54, 1.807) is 24.3 Å². The number of ether oxygens (including phenoxy) is 2. The number of hydrogen-bond acceptors (Lipinski definition) is 7. The summed E-state index contributed by atoms with van der Waals surface area (Å²) in [6.45, 7) is 1.25. The van der Waals surface area contributed by atoms with Gasteiger partial charge in [0.2, 0.25) is 10.0 Å². The van der Waals surface area contributed by atoms with Crippen LogP contribution >= 0.6 is 11.6 Å². The number of hydrogen-bond donors (Lipinski definition) is 2. The third-order valence-corrected chi connectivity index (χ3v) is 6.88. The lowest BCUT2D eigenvalue weighted by Gasteiger charge is -2.21. The topological polar surface area (TPSA) is 126 Å². The fourth-order valence-electron chi connectivity index (χ4n) is 3.46. The molecule has 10 nitrogen and oxygen atoms in total. The van der Waals surface area contributed by atoms with Gasteiger partial charge in [-0.15, -0.1) is 0 Å². The smallest absolute Gasteiger partial charge is 0.260 e. The number of nitrogens with one attached hydrogen (secondary N) is 2. The second-order valence-corrected chi connectivity index (χ2v) is 10.8. The summed E-state index contributed by atoms with van der Waals surface area (Å²) in [5.74, 6) is -0.0417. The number of rotatable bonds is 12. The Morgan fingerprint density at radius 2 is 1.74 bits per heavy atom. The maximum atomic E-state index is 12.4. The summed E-state index contributed by atoms with van der Waals surface area (Å²) < 4.78 is 36.1. The highest BCUT2D eigenvalue weighted by molar-refractivity contribution is 7.92. The SMILES string of the molecule is COc1ccc(N(CC(=O)N/N=C\c2ccc(OCC(=O)N[C@H](C)c3ccccc3)cc2)S(C)(=O)=O)cc1Cl. The number of carbonyl (C=O) groups is 2. The maximum Gasteiger partial charge on any atom is 0.260 e. The van der Waals surface area contributed by atoms with Crippen molar-refractivity contribution in [3.63, 3.8) is 0 Å². The van der Waals surface area contributed by atoms with Gasteiger partial charge in [-0.25, -0.2) is 13.8 Å². The Morgan fingerprint density at radius 1 is 1.05 bits per heavy atom. The van der Waals surface area contributed by atoms with E-state index >= 15 is 0 Å². The Balaban J connectivity index is 1.50. The first-order valence-corrected chi connectivity index (χ1v) is 14.0. The monoisotopic (exact) mass is 572 g/mol. The molecule has 0 radical (unpaired) electrons. The summed E-state index contributed by atoms with van der Waals surface area (Å²) in [6, 6.07) is 20.6. The van der Waals surface area contributed by atoms with Gasteiger partial charge in [0.05, 0.1) is 36.3 Å². The summed E-state index contributed by atoms with van der Waals surface area (Å²) in [5.41, 5.74) is 4.16. The fourth-order valence-corrected chi connectivity index (χ4v) is 4.56. The molecule has 2 amide bonds. The summed E-state index contributed by atoms with van der Waals surface area (Å²) >= 11 is 6.10. The van der Waals surface area contributed by atoms with Gasteiger partial charge in [-0.1, -0.05) is 41.9 Å². The number of anilines is 1. The first-order chi connectivity index (χ1) is 18.6. The Bertz CT molecular complexity index is 1420. The lowest BCUT2D eigenvalue weighted by molar-refractivity contribution is -0.123. The van der Waals surface area contributed by atoms with Gasteiger partial charge in [0, 0.05) is 0 Å². The van der Waals surface area contributed by atoms with Gasteiger partial charge in [-0.3, -0.25) is 13.9 Å². The summed E-state index contributed by atoms with van der Waals surface area (Å²) in [6.07, 6.45) is 2.38. The minimum atomic E-state index is -3.79. The second kappa shape index (κ2) is 13.6. The average Bonchev–Trinajstić information content (AvgIpc) is 2.91. The van der Waals surface area contributed by atoms with Crippen LogP contribution in [0, 0.1) is 0 Å². The largest absolute Gasteiger partial charge is 0.495 e. The van der Waals surface area contributed by atoms with Crippen LogP contribution in [0.2, 0.25) is 5.02 Å². The van der Waals surface area contributed by atoms with Crippen LogP contribution in [0.15, 0.2) is 77.9 Å². The number of amides is 2. The Kier molecular flexibility index (Phi) is 10.3. The van der Waals surface area contributed by atoms with Crippen LogP contribution < -0.4 is 24.5 Å². The molecule has 0 spiro atoms. The van der Waals surface area contributed by atoms with E-state index in [0.29, 0.717) is 17.1 Å². The van der Waals surface area contributed by atoms with Gasteiger partial charge in [0.15, 0.2) is 6.61 Å². The maximum absolute atomic E-state index is 12.4. The number of nitrogens with zero attached hydrogens (tertiary/aromatic N) is 2. The summed E-state index contributed by atoms with van der Waals surface area (Å²) in [4.78, 5) is 24.6. The van der Waals surface area contributed by atoms with Crippen molar-refractivity contribution >= 4 is 45.3 Å². The standard InChI is InChI=1S/C27H29ClN4O6S/c1-19(21-7-5-4-6-8-21)30-27(34)18-38-23-12-9-20(10-13-23)16-29-31-26(33)17-32(39(3,35)36)22-11-14-25(37-2)24(28)15-22/h4-16,19H,17-18H2,1-3H3,(H,30,34)(H,31,33)/b29-16-/t19-/m1/s1. The predicted octanol–water partition coefficient (Wildman–Crippen LogP) is 3.52. The third-order valence-electron chi connectivity index (χ3n) is 5.44. The summed E-state index contributed by atoms with van der Waals surface area (Å²) in [7, 11) is -2.35. The van der Waals surface area contributed by atoms with Crippen molar-refractivity contribution in [1.29, 1.82) is 0 Å². The average molecular weight is 573 g/mol. The molecule has 0 heterocycles. The third kappa shape index (κ3) is 9.01. The van der Waals surface area contributed by atoms with Crippen LogP contribution in [0.3, 0.4) is 0 Å². The molecule has 3 aromatic carbocycles. The van der Waals surface area contributed by atoms with Gasteiger partial charge >= 0.3 is 0 Å². The van der Waals surface area contributed by atoms with Crippen LogP contribution in [0.1, 0.15) is 24.1 Å². The lowest BCUT2D eigenvalue weighted by Crippen LogP contribution is -2.39. The van der Waals surface area contributed by atoms with E-state index in [9.17, 15) is 18.0 Å². The number of halogens is 1. The van der Waals surface area contributed by atoms with Gasteiger partial charge in [-0.05, 0) is 60.5 Å². The number of sulfonamides is 1. The molecule has 2 N–H and O–H groups in total. The normalized spacial score (nSPS) is 12.0. The number of hydrazone groups is 1. The van der Waals surface area contributed by atoms with Crippen LogP contribution in [0.5, 0.6) is 11.5 Å². The number of carbonyl (C=O) groups excluding carboxylic acids is 2. The van der Waals surface area contributed by atoms with Crippen molar-refractivity contribution in [3.05, 3.63) is 88.9 Å². The minimum absolute atomic E-state index is 0.142. The zero-order chi connectivity index (χ0) is 28.4. The van der Waals surface area contributed by atoms with Gasteiger partial charge in [-0.2, -0.15) is 5.10 Å². The molecule has 1 atom stereocenters. The Labute approximate surface area is 232 Å². The molecule has 0 aliphatic carbocycles. The molecule has 0 unspecified atom stereocenters. The molecular formula is C27H29ClN4O6S. The first kappa shape index (κ1) is 29.5. The quantitative estimate of drug-likeness (QED) is 0.253. The summed E-state index contributed by atoms with van der Waals surface area (Å²) in [5, 5.41) is 6.97. The fraction of sp³-hybridized carbons (Fsp3) is 0.222. The highest BCUT2D eigenvalue weighted by Crippen LogP contribution is 2.30. The van der Waals surface area contributed by atoms with Crippen LogP contribution in [0.4, 0.5) is 5.69 Å². The molecule has 0 saturated heterocycles. The van der Waals surface area contributed by atoms with Gasteiger partial charge < -0.3 is 14.8 Å². The minimum Gasteiger partial charge on any atom is -0.495 e. The number of benzene rings is 3. The van der Waals surface area contributed by atoms with E-state index in [2.05, 4.69) is 15.8 Å². The zero-order valence-electron chi connectivity index (χ0n) is 21.6. The molecule has 0 aromatic heterocycles. The van der Waals surface area contributed by atoms with Crippen LogP contribution in [-0.4, -0.2) is 53.0 Å². The van der Waals surface area contributed by atoms with E-state index in [-0.39, 0.29) is 29.3 Å². The van der Waals surface area contributed by atoms with E-state index in [1.807, 2.05) is 37.3 Å². The predicted molar refractivity (Wildman–Crippen MR) is 151 cm³/mol. The van der Waals surface area contributed by atoms with Crippen LogP contribution in [0.25, 0.3) is 0 Å². The van der Waals surface area contributed by atoms with Gasteiger partial charge in [0.25, 0.3) is 11.8 Å². The molecule has 3 rings (SSSR count). The van der Waals surface area contributed by atoms with Crippen molar-refractivity contribution in [1.82, 2.24) is 10.7 Å². The van der Waals surface area contributed by atoms with Crippen molar-refractivity contribution in [2.75, 3.05) is 30.8 Å². The molecule has 39 heavy (non-hydrogen) atoms. The van der Waals surface area contributed by atoms with Crippen molar-refractivity contribution in [2.24, 2.45) is 5.10 Å². The zero-order valence-corrected chi connectivity index (χ0v) is 23.2. The van der Waals surface area contributed by atoms with E-state index in [4.69, 9.17) is 21.1 Å². The van der Waals surface area contributed by atoms with E-state index in [1.165, 1.54) is 31.5 Å². The first-order valence-electron chi connectivity index (χ1n) is 11.8.